The molecule has 0 aromatic carbocycles. The van der Waals surface area contributed by atoms with Crippen molar-refractivity contribution in [2.45, 2.75) is 19.8 Å². The number of aromatic nitrogens is 1. The van der Waals surface area contributed by atoms with Gasteiger partial charge in [-0.2, -0.15) is 0 Å². The monoisotopic (exact) mass is 185 g/mol. The Morgan fingerprint density at radius 2 is 2.21 bits per heavy atom. The van der Waals surface area contributed by atoms with Crippen LogP contribution in [0.2, 0.25) is 0 Å². The molecule has 1 N–H and O–H groups in total. The van der Waals surface area contributed by atoms with Crippen molar-refractivity contribution in [2.75, 3.05) is 5.32 Å². The van der Waals surface area contributed by atoms with E-state index in [4.69, 9.17) is 7.49 Å². The molecule has 1 aliphatic heterocycles. The van der Waals surface area contributed by atoms with Crippen LogP contribution in [0.15, 0.2) is 12.3 Å². The molecule has 0 saturated carbocycles. The molecule has 4 heteroatoms. The quantitative estimate of drug-likeness (QED) is 0.658. The normalized spacial score (nSPS) is 14.4. The van der Waals surface area contributed by atoms with Crippen molar-refractivity contribution in [3.8, 4) is 0 Å². The van der Waals surface area contributed by atoms with E-state index in [-0.39, 0.29) is 11.4 Å². The van der Waals surface area contributed by atoms with Gasteiger partial charge in [-0.15, -0.1) is 0 Å². The van der Waals surface area contributed by atoms with Crippen LogP contribution >= 0.6 is 0 Å². The van der Waals surface area contributed by atoms with Crippen molar-refractivity contribution < 1.29 is 4.79 Å². The van der Waals surface area contributed by atoms with Crippen LogP contribution in [-0.2, 0) is 4.79 Å². The van der Waals surface area contributed by atoms with Crippen molar-refractivity contribution in [3.05, 3.63) is 23.4 Å². The Morgan fingerprint density at radius 3 is 2.86 bits per heavy atom. The number of pyridine rings is 1. The zero-order valence-electron chi connectivity index (χ0n) is 8.16. The molecule has 2 rings (SSSR count). The van der Waals surface area contributed by atoms with E-state index in [9.17, 15) is 4.79 Å². The van der Waals surface area contributed by atoms with E-state index < -0.39 is 0 Å². The number of anilines is 1. The maximum atomic E-state index is 11.2. The van der Waals surface area contributed by atoms with Gasteiger partial charge in [-0.3, -0.25) is 0 Å². The van der Waals surface area contributed by atoms with Crippen LogP contribution in [0, 0.1) is 0 Å². The van der Waals surface area contributed by atoms with E-state index in [0.29, 0.717) is 11.7 Å². The van der Waals surface area contributed by atoms with E-state index >= 15 is 0 Å². The summed E-state index contributed by atoms with van der Waals surface area (Å²) in [5, 5.41) is 2.60. The standard InChI is InChI=1S/C10H10BN2O/c1-5(2)6-3-7-8(11)10(14)13-9(7)12-4-6/h3-5H,1-2H3,(H,12,13,14). The van der Waals surface area contributed by atoms with Gasteiger partial charge in [0, 0.05) is 0 Å². The number of nitrogens with one attached hydrogen (secondary N) is 1. The number of amides is 1. The Balaban J connectivity index is 2.51. The first kappa shape index (κ1) is 9.12. The molecular formula is C10H10BN2O. The zero-order chi connectivity index (χ0) is 10.3. The summed E-state index contributed by atoms with van der Waals surface area (Å²) < 4.78 is 0. The molecule has 0 atom stereocenters. The second-order valence-corrected chi connectivity index (χ2v) is 3.69. The van der Waals surface area contributed by atoms with Gasteiger partial charge < -0.3 is 0 Å². The van der Waals surface area contributed by atoms with E-state index in [2.05, 4.69) is 24.1 Å². The molecule has 0 fully saturated rings. The third-order valence-corrected chi connectivity index (χ3v) is 2.34. The van der Waals surface area contributed by atoms with Gasteiger partial charge in [-0.1, -0.05) is 0 Å². The Kier molecular flexibility index (Phi) is 1.99. The number of rotatable bonds is 1. The van der Waals surface area contributed by atoms with Crippen molar-refractivity contribution in [1.82, 2.24) is 4.98 Å². The van der Waals surface area contributed by atoms with E-state index in [1.54, 1.807) is 6.20 Å². The number of hydrogen-bond donors (Lipinski definition) is 1. The van der Waals surface area contributed by atoms with Gasteiger partial charge in [0.1, 0.15) is 0 Å². The fourth-order valence-electron chi connectivity index (χ4n) is 1.40. The van der Waals surface area contributed by atoms with Crippen molar-refractivity contribution in [1.29, 1.82) is 0 Å². The summed E-state index contributed by atoms with van der Waals surface area (Å²) in [6.07, 6.45) is 1.77. The molecule has 3 nitrogen and oxygen atoms in total. The van der Waals surface area contributed by atoms with E-state index in [0.717, 1.165) is 11.1 Å². The molecular weight excluding hydrogens is 175 g/mol. The molecule has 1 radical (unpaired) electrons. The van der Waals surface area contributed by atoms with E-state index in [1.807, 2.05) is 6.07 Å². The predicted octanol–water partition coefficient (Wildman–Crippen LogP) is 0.846. The predicted molar refractivity (Wildman–Crippen MR) is 56.8 cm³/mol. The van der Waals surface area contributed by atoms with Crippen LogP contribution in [-0.4, -0.2) is 23.8 Å². The van der Waals surface area contributed by atoms with Crippen molar-refractivity contribution >= 4 is 24.7 Å². The van der Waals surface area contributed by atoms with Crippen molar-refractivity contribution in [3.63, 3.8) is 0 Å². The second kappa shape index (κ2) is 3.05. The number of carbonyl (C=O) groups is 1. The molecule has 0 saturated heterocycles. The van der Waals surface area contributed by atoms with Crippen LogP contribution in [0.1, 0.15) is 30.9 Å². The number of hydrogen-bond acceptors (Lipinski definition) is 2. The molecule has 0 spiro atoms. The number of nitrogens with zero attached hydrogens (tertiary/aromatic N) is 1. The summed E-state index contributed by atoms with van der Waals surface area (Å²) in [6, 6.07) is 1.92. The molecule has 1 aromatic rings. The Morgan fingerprint density at radius 1 is 1.50 bits per heavy atom. The minimum absolute atomic E-state index is 0.256. The molecule has 1 amide bonds. The SMILES string of the molecule is [B]=C1C(=O)Nc2ncc(C(C)C)cc21. The molecule has 0 bridgehead atoms. The van der Waals surface area contributed by atoms with Gasteiger partial charge in [-0.05, 0) is 0 Å². The van der Waals surface area contributed by atoms with Crippen LogP contribution in [0.3, 0.4) is 0 Å². The second-order valence-electron chi connectivity index (χ2n) is 3.69. The summed E-state index contributed by atoms with van der Waals surface area (Å²) in [7, 11) is 5.62. The third kappa shape index (κ3) is 1.27. The van der Waals surface area contributed by atoms with Gasteiger partial charge in [0.15, 0.2) is 0 Å². The van der Waals surface area contributed by atoms with Crippen LogP contribution in [0.5, 0.6) is 0 Å². The molecule has 69 valence electrons. The van der Waals surface area contributed by atoms with Crippen LogP contribution in [0.4, 0.5) is 5.82 Å². The average molecular weight is 185 g/mol. The van der Waals surface area contributed by atoms with Gasteiger partial charge in [-0.25, -0.2) is 0 Å². The minimum atomic E-state index is -0.256. The average Bonchev–Trinajstić information content (AvgIpc) is 2.43. The third-order valence-electron chi connectivity index (χ3n) is 2.34. The first-order valence-electron chi connectivity index (χ1n) is 4.53. The summed E-state index contributed by atoms with van der Waals surface area (Å²) in [5.41, 5.74) is 2.07. The molecule has 14 heavy (non-hydrogen) atoms. The molecule has 0 unspecified atom stereocenters. The Hall–Kier alpha value is -1.45. The van der Waals surface area contributed by atoms with E-state index in [1.165, 1.54) is 0 Å². The van der Waals surface area contributed by atoms with Crippen molar-refractivity contribution in [2.24, 2.45) is 0 Å². The van der Waals surface area contributed by atoms with Gasteiger partial charge in [0.2, 0.25) is 0 Å². The first-order valence-corrected chi connectivity index (χ1v) is 4.53. The van der Waals surface area contributed by atoms with Crippen LogP contribution < -0.4 is 5.32 Å². The zero-order valence-corrected chi connectivity index (χ0v) is 8.16. The summed E-state index contributed by atoms with van der Waals surface area (Å²) in [6.45, 7) is 4.15. The first-order chi connectivity index (χ1) is 6.59. The number of fused-ring (bicyclic) bond motifs is 1. The van der Waals surface area contributed by atoms with Crippen LogP contribution in [0.25, 0.3) is 0 Å². The molecule has 0 aliphatic carbocycles. The molecule has 1 aliphatic rings. The fraction of sp³-hybridized carbons (Fsp3) is 0.300. The van der Waals surface area contributed by atoms with Gasteiger partial charge in [0.25, 0.3) is 0 Å². The summed E-state index contributed by atoms with van der Waals surface area (Å²) >= 11 is 0. The summed E-state index contributed by atoms with van der Waals surface area (Å²) in [4.78, 5) is 15.3. The number of carbonyl (C=O) groups excluding carboxylic acids is 1. The fourth-order valence-corrected chi connectivity index (χ4v) is 1.40. The molecule has 1 aromatic heterocycles. The Labute approximate surface area is 83.6 Å². The Bertz CT molecular complexity index is 426. The van der Waals surface area contributed by atoms with Gasteiger partial charge in [0.05, 0.1) is 0 Å². The maximum absolute atomic E-state index is 11.2. The molecule has 2 heterocycles. The van der Waals surface area contributed by atoms with Gasteiger partial charge >= 0.3 is 82.9 Å². The summed E-state index contributed by atoms with van der Waals surface area (Å²) in [5.74, 6) is 0.696. The topological polar surface area (TPSA) is 42.0 Å².